The van der Waals surface area contributed by atoms with Crippen LogP contribution in [-0.4, -0.2) is 41.5 Å². The van der Waals surface area contributed by atoms with Crippen molar-refractivity contribution in [1.29, 1.82) is 0 Å². The molecule has 0 aromatic rings. The fourth-order valence-electron chi connectivity index (χ4n) is 2.03. The molecule has 2 amide bonds. The molecule has 0 aromatic carbocycles. The molecule has 0 aliphatic carbocycles. The molecule has 0 unspecified atom stereocenters. The Morgan fingerprint density at radius 1 is 1.31 bits per heavy atom. The Kier molecular flexibility index (Phi) is 4.22. The fraction of sp³-hybridized carbons (Fsp3) is 0.923. The van der Waals surface area contributed by atoms with Gasteiger partial charge in [0.05, 0.1) is 0 Å². The van der Waals surface area contributed by atoms with Gasteiger partial charge < -0.3 is 9.80 Å². The van der Waals surface area contributed by atoms with Gasteiger partial charge in [0.2, 0.25) is 0 Å². The second-order valence-corrected chi connectivity index (χ2v) is 5.85. The van der Waals surface area contributed by atoms with Gasteiger partial charge in [-0.15, -0.1) is 0 Å². The van der Waals surface area contributed by atoms with Crippen molar-refractivity contribution in [3.05, 3.63) is 0 Å². The first-order valence-corrected chi connectivity index (χ1v) is 6.39. The molecule has 0 bridgehead atoms. The molecule has 1 fully saturated rings. The predicted octanol–water partition coefficient (Wildman–Crippen LogP) is 2.96. The van der Waals surface area contributed by atoms with Gasteiger partial charge in [-0.2, -0.15) is 0 Å². The summed E-state index contributed by atoms with van der Waals surface area (Å²) in [5.41, 5.74) is -0.0846. The zero-order valence-corrected chi connectivity index (χ0v) is 11.4. The standard InChI is InChI=1S/C13H26N2O/c1-6-11-7-9-15(10-8-11)12(16)14(5)13(2,3)4/h11H,6-10H2,1-5H3. The third kappa shape index (κ3) is 3.13. The molecule has 3 nitrogen and oxygen atoms in total. The van der Waals surface area contributed by atoms with Gasteiger partial charge >= 0.3 is 6.03 Å². The Labute approximate surface area is 99.8 Å². The molecule has 0 saturated carbocycles. The van der Waals surface area contributed by atoms with Crippen LogP contribution in [0, 0.1) is 5.92 Å². The molecule has 1 saturated heterocycles. The van der Waals surface area contributed by atoms with E-state index in [1.807, 2.05) is 16.8 Å². The van der Waals surface area contributed by atoms with Crippen molar-refractivity contribution in [1.82, 2.24) is 9.80 Å². The van der Waals surface area contributed by atoms with Gasteiger partial charge in [-0.25, -0.2) is 4.79 Å². The Morgan fingerprint density at radius 3 is 2.19 bits per heavy atom. The summed E-state index contributed by atoms with van der Waals surface area (Å²) in [4.78, 5) is 16.0. The molecule has 1 aliphatic rings. The highest BCUT2D eigenvalue weighted by molar-refractivity contribution is 5.75. The Hall–Kier alpha value is -0.730. The van der Waals surface area contributed by atoms with E-state index in [9.17, 15) is 4.79 Å². The van der Waals surface area contributed by atoms with Crippen LogP contribution in [0.5, 0.6) is 0 Å². The van der Waals surface area contributed by atoms with Gasteiger partial charge in [-0.1, -0.05) is 13.3 Å². The van der Waals surface area contributed by atoms with E-state index in [0.29, 0.717) is 0 Å². The Morgan fingerprint density at radius 2 is 1.81 bits per heavy atom. The lowest BCUT2D eigenvalue weighted by Crippen LogP contribution is -2.51. The zero-order valence-electron chi connectivity index (χ0n) is 11.4. The number of amides is 2. The highest BCUT2D eigenvalue weighted by Crippen LogP contribution is 2.22. The third-order valence-electron chi connectivity index (χ3n) is 3.76. The fourth-order valence-corrected chi connectivity index (χ4v) is 2.03. The normalized spacial score (nSPS) is 18.7. The molecule has 3 heteroatoms. The van der Waals surface area contributed by atoms with E-state index in [1.165, 1.54) is 19.3 Å². The minimum absolute atomic E-state index is 0.0846. The molecule has 0 atom stereocenters. The quantitative estimate of drug-likeness (QED) is 0.674. The summed E-state index contributed by atoms with van der Waals surface area (Å²) in [5.74, 6) is 0.823. The van der Waals surface area contributed by atoms with Gasteiger partial charge in [-0.3, -0.25) is 0 Å². The van der Waals surface area contributed by atoms with Crippen LogP contribution in [0.25, 0.3) is 0 Å². The number of carbonyl (C=O) groups excluding carboxylic acids is 1. The van der Waals surface area contributed by atoms with Crippen LogP contribution >= 0.6 is 0 Å². The van der Waals surface area contributed by atoms with Crippen molar-refractivity contribution in [2.75, 3.05) is 20.1 Å². The minimum Gasteiger partial charge on any atom is -0.325 e. The summed E-state index contributed by atoms with van der Waals surface area (Å²) in [7, 11) is 1.90. The van der Waals surface area contributed by atoms with E-state index in [-0.39, 0.29) is 11.6 Å². The molecule has 1 heterocycles. The average Bonchev–Trinajstić information content (AvgIpc) is 2.26. The van der Waals surface area contributed by atoms with Gasteiger partial charge in [0.25, 0.3) is 0 Å². The summed E-state index contributed by atoms with van der Waals surface area (Å²) in [6, 6.07) is 0.182. The van der Waals surface area contributed by atoms with Crippen LogP contribution in [0.1, 0.15) is 47.0 Å². The molecular formula is C13H26N2O. The van der Waals surface area contributed by atoms with Crippen molar-refractivity contribution >= 4 is 6.03 Å². The number of rotatable bonds is 1. The van der Waals surface area contributed by atoms with Crippen LogP contribution in [0.2, 0.25) is 0 Å². The van der Waals surface area contributed by atoms with E-state index in [1.54, 1.807) is 0 Å². The van der Waals surface area contributed by atoms with Crippen LogP contribution < -0.4 is 0 Å². The van der Waals surface area contributed by atoms with Gasteiger partial charge in [0, 0.05) is 25.7 Å². The summed E-state index contributed by atoms with van der Waals surface area (Å²) in [6.45, 7) is 10.3. The highest BCUT2D eigenvalue weighted by Gasteiger charge is 2.29. The lowest BCUT2D eigenvalue weighted by Gasteiger charge is -2.39. The largest absolute Gasteiger partial charge is 0.325 e. The summed E-state index contributed by atoms with van der Waals surface area (Å²) >= 11 is 0. The molecule has 1 aliphatic heterocycles. The second-order valence-electron chi connectivity index (χ2n) is 5.85. The maximum absolute atomic E-state index is 12.2. The maximum atomic E-state index is 12.2. The van der Waals surface area contributed by atoms with Crippen molar-refractivity contribution < 1.29 is 4.79 Å². The van der Waals surface area contributed by atoms with Gasteiger partial charge in [0.1, 0.15) is 0 Å². The molecule has 0 N–H and O–H groups in total. The molecule has 94 valence electrons. The summed E-state index contributed by atoms with van der Waals surface area (Å²) < 4.78 is 0. The molecule has 0 aromatic heterocycles. The van der Waals surface area contributed by atoms with Crippen LogP contribution in [0.3, 0.4) is 0 Å². The van der Waals surface area contributed by atoms with Crippen molar-refractivity contribution in [3.63, 3.8) is 0 Å². The first kappa shape index (κ1) is 13.3. The third-order valence-corrected chi connectivity index (χ3v) is 3.76. The number of nitrogens with zero attached hydrogens (tertiary/aromatic N) is 2. The SMILES string of the molecule is CCC1CCN(C(=O)N(C)C(C)(C)C)CC1. The first-order chi connectivity index (χ1) is 7.36. The van der Waals surface area contributed by atoms with Gasteiger partial charge in [0.15, 0.2) is 0 Å². The van der Waals surface area contributed by atoms with E-state index >= 15 is 0 Å². The maximum Gasteiger partial charge on any atom is 0.320 e. The van der Waals surface area contributed by atoms with Crippen LogP contribution in [0.4, 0.5) is 4.79 Å². The molecule has 0 spiro atoms. The summed E-state index contributed by atoms with van der Waals surface area (Å²) in [6.07, 6.45) is 3.58. The van der Waals surface area contributed by atoms with Crippen molar-refractivity contribution in [3.8, 4) is 0 Å². The highest BCUT2D eigenvalue weighted by atomic mass is 16.2. The van der Waals surface area contributed by atoms with Crippen molar-refractivity contribution in [2.24, 2.45) is 5.92 Å². The Bertz CT molecular complexity index is 237. The summed E-state index contributed by atoms with van der Waals surface area (Å²) in [5, 5.41) is 0. The number of piperidine rings is 1. The lowest BCUT2D eigenvalue weighted by atomic mass is 9.94. The molecular weight excluding hydrogens is 200 g/mol. The van der Waals surface area contributed by atoms with Gasteiger partial charge in [-0.05, 0) is 39.5 Å². The second kappa shape index (κ2) is 5.07. The van der Waals surface area contributed by atoms with Crippen molar-refractivity contribution in [2.45, 2.75) is 52.5 Å². The molecule has 16 heavy (non-hydrogen) atoms. The van der Waals surface area contributed by atoms with E-state index in [4.69, 9.17) is 0 Å². The smallest absolute Gasteiger partial charge is 0.320 e. The number of carbonyl (C=O) groups is 1. The van der Waals surface area contributed by atoms with Crippen LogP contribution in [-0.2, 0) is 0 Å². The molecule has 1 rings (SSSR count). The number of urea groups is 1. The first-order valence-electron chi connectivity index (χ1n) is 6.39. The monoisotopic (exact) mass is 226 g/mol. The zero-order chi connectivity index (χ0) is 12.3. The Balaban J connectivity index is 2.51. The number of hydrogen-bond donors (Lipinski definition) is 0. The van der Waals surface area contributed by atoms with Crippen LogP contribution in [0.15, 0.2) is 0 Å². The minimum atomic E-state index is -0.0846. The van der Waals surface area contributed by atoms with E-state index in [0.717, 1.165) is 19.0 Å². The molecule has 0 radical (unpaired) electrons. The predicted molar refractivity (Wildman–Crippen MR) is 67.5 cm³/mol. The average molecular weight is 226 g/mol. The van der Waals surface area contributed by atoms with E-state index < -0.39 is 0 Å². The number of hydrogen-bond acceptors (Lipinski definition) is 1. The lowest BCUT2D eigenvalue weighted by molar-refractivity contribution is 0.110. The topological polar surface area (TPSA) is 23.6 Å². The van der Waals surface area contributed by atoms with E-state index in [2.05, 4.69) is 27.7 Å². The number of likely N-dealkylation sites (tertiary alicyclic amines) is 1.